The van der Waals surface area contributed by atoms with Crippen LogP contribution in [0, 0.1) is 5.95 Å². The Balaban J connectivity index is 3.16. The summed E-state index contributed by atoms with van der Waals surface area (Å²) >= 11 is 5.35. The molecule has 8 heteroatoms. The van der Waals surface area contributed by atoms with Gasteiger partial charge in [0.1, 0.15) is 5.69 Å². The summed E-state index contributed by atoms with van der Waals surface area (Å²) in [5, 5.41) is 0. The Morgan fingerprint density at radius 3 is 2.56 bits per heavy atom. The maximum Gasteiger partial charge on any atom is 0.573 e. The SMILES string of the molecule is O=Cc1nc(F)c(OC(F)(F)F)cc1CCl. The van der Waals surface area contributed by atoms with Crippen LogP contribution in [0.4, 0.5) is 17.6 Å². The van der Waals surface area contributed by atoms with Crippen LogP contribution in [0.15, 0.2) is 6.07 Å². The molecule has 1 heterocycles. The molecular weight excluding hydrogens is 254 g/mol. The molecule has 0 unspecified atom stereocenters. The number of ether oxygens (including phenoxy) is 1. The second kappa shape index (κ2) is 4.65. The van der Waals surface area contributed by atoms with Crippen molar-refractivity contribution in [3.05, 3.63) is 23.3 Å². The van der Waals surface area contributed by atoms with Gasteiger partial charge in [0.2, 0.25) is 0 Å². The zero-order chi connectivity index (χ0) is 12.3. The highest BCUT2D eigenvalue weighted by Gasteiger charge is 2.33. The summed E-state index contributed by atoms with van der Waals surface area (Å²) in [4.78, 5) is 13.4. The first kappa shape index (κ1) is 12.7. The van der Waals surface area contributed by atoms with Crippen LogP contribution in [-0.4, -0.2) is 17.6 Å². The van der Waals surface area contributed by atoms with Crippen LogP contribution >= 0.6 is 11.6 Å². The maximum atomic E-state index is 12.9. The molecule has 0 spiro atoms. The van der Waals surface area contributed by atoms with E-state index in [1.54, 1.807) is 0 Å². The highest BCUT2D eigenvalue weighted by Crippen LogP contribution is 2.26. The van der Waals surface area contributed by atoms with Gasteiger partial charge in [-0.1, -0.05) is 0 Å². The third-order valence-electron chi connectivity index (χ3n) is 1.54. The smallest absolute Gasteiger partial charge is 0.401 e. The van der Waals surface area contributed by atoms with E-state index in [2.05, 4.69) is 9.72 Å². The Labute approximate surface area is 92.0 Å². The summed E-state index contributed by atoms with van der Waals surface area (Å²) in [6, 6.07) is 0.687. The Bertz CT molecular complexity index is 408. The minimum absolute atomic E-state index is 0.0442. The molecule has 1 aromatic heterocycles. The van der Waals surface area contributed by atoms with Crippen LogP contribution in [-0.2, 0) is 5.88 Å². The number of aromatic nitrogens is 1. The lowest BCUT2D eigenvalue weighted by Gasteiger charge is -2.10. The van der Waals surface area contributed by atoms with E-state index in [9.17, 15) is 22.4 Å². The molecule has 1 aromatic rings. The first-order valence-corrected chi connectivity index (χ1v) is 4.37. The highest BCUT2D eigenvalue weighted by molar-refractivity contribution is 6.17. The lowest BCUT2D eigenvalue weighted by atomic mass is 10.2. The van der Waals surface area contributed by atoms with E-state index >= 15 is 0 Å². The number of hydrogen-bond acceptors (Lipinski definition) is 3. The third kappa shape index (κ3) is 3.06. The fraction of sp³-hybridized carbons (Fsp3) is 0.250. The minimum atomic E-state index is -5.03. The molecule has 1 rings (SSSR count). The second-order valence-electron chi connectivity index (χ2n) is 2.62. The fourth-order valence-corrected chi connectivity index (χ4v) is 1.14. The van der Waals surface area contributed by atoms with E-state index in [0.29, 0.717) is 6.07 Å². The average molecular weight is 258 g/mol. The molecule has 0 aliphatic carbocycles. The number of halogens is 5. The van der Waals surface area contributed by atoms with E-state index in [0.717, 1.165) is 0 Å². The first-order chi connectivity index (χ1) is 7.37. The second-order valence-corrected chi connectivity index (χ2v) is 2.89. The summed E-state index contributed by atoms with van der Waals surface area (Å²) < 4.78 is 51.8. The van der Waals surface area contributed by atoms with Gasteiger partial charge >= 0.3 is 6.36 Å². The summed E-state index contributed by atoms with van der Waals surface area (Å²) in [5.41, 5.74) is -0.403. The lowest BCUT2D eigenvalue weighted by Crippen LogP contribution is -2.19. The number of hydrogen-bond donors (Lipinski definition) is 0. The molecule has 0 radical (unpaired) electrons. The van der Waals surface area contributed by atoms with Crippen LogP contribution in [0.5, 0.6) is 5.75 Å². The predicted octanol–water partition coefficient (Wildman–Crippen LogP) is 2.67. The molecule has 0 saturated heterocycles. The van der Waals surface area contributed by atoms with Gasteiger partial charge < -0.3 is 4.74 Å². The van der Waals surface area contributed by atoms with Gasteiger partial charge in [-0.25, -0.2) is 4.98 Å². The normalized spacial score (nSPS) is 11.3. The van der Waals surface area contributed by atoms with E-state index in [1.807, 2.05) is 0 Å². The quantitative estimate of drug-likeness (QED) is 0.362. The number of carbonyl (C=O) groups is 1. The molecule has 0 fully saturated rings. The molecule has 88 valence electrons. The number of aldehydes is 1. The van der Waals surface area contributed by atoms with Gasteiger partial charge in [0, 0.05) is 5.88 Å². The van der Waals surface area contributed by atoms with Crippen molar-refractivity contribution >= 4 is 17.9 Å². The molecule has 0 amide bonds. The molecular formula is C8H4ClF4NO2. The average Bonchev–Trinajstić information content (AvgIpc) is 2.18. The molecule has 0 saturated carbocycles. The lowest BCUT2D eigenvalue weighted by molar-refractivity contribution is -0.275. The predicted molar refractivity (Wildman–Crippen MR) is 45.8 cm³/mol. The summed E-state index contributed by atoms with van der Waals surface area (Å²) in [5.74, 6) is -2.92. The van der Waals surface area contributed by atoms with Crippen molar-refractivity contribution in [2.24, 2.45) is 0 Å². The zero-order valence-corrected chi connectivity index (χ0v) is 8.27. The largest absolute Gasteiger partial charge is 0.573 e. The maximum absolute atomic E-state index is 12.9. The van der Waals surface area contributed by atoms with Gasteiger partial charge in [-0.2, -0.15) is 4.39 Å². The Hall–Kier alpha value is -1.37. The monoisotopic (exact) mass is 257 g/mol. The van der Waals surface area contributed by atoms with Gasteiger partial charge in [0.05, 0.1) is 0 Å². The molecule has 0 aliphatic rings. The van der Waals surface area contributed by atoms with Crippen LogP contribution in [0.3, 0.4) is 0 Å². The molecule has 0 atom stereocenters. The molecule has 16 heavy (non-hydrogen) atoms. The number of rotatable bonds is 3. The van der Waals surface area contributed by atoms with Gasteiger partial charge in [0.25, 0.3) is 5.95 Å². The van der Waals surface area contributed by atoms with Gasteiger partial charge in [0.15, 0.2) is 12.0 Å². The van der Waals surface area contributed by atoms with E-state index in [-0.39, 0.29) is 23.4 Å². The third-order valence-corrected chi connectivity index (χ3v) is 1.83. The number of nitrogens with zero attached hydrogens (tertiary/aromatic N) is 1. The van der Waals surface area contributed by atoms with E-state index < -0.39 is 18.1 Å². The summed E-state index contributed by atoms with van der Waals surface area (Å²) in [6.45, 7) is 0. The summed E-state index contributed by atoms with van der Waals surface area (Å²) in [6.07, 6.45) is -4.84. The highest BCUT2D eigenvalue weighted by atomic mass is 35.5. The van der Waals surface area contributed by atoms with Crippen molar-refractivity contribution in [3.8, 4) is 5.75 Å². The van der Waals surface area contributed by atoms with Gasteiger partial charge in [-0.3, -0.25) is 4.79 Å². The van der Waals surface area contributed by atoms with Gasteiger partial charge in [-0.05, 0) is 11.6 Å². The topological polar surface area (TPSA) is 39.2 Å². The number of alkyl halides is 4. The van der Waals surface area contributed by atoms with Gasteiger partial charge in [-0.15, -0.1) is 24.8 Å². The Morgan fingerprint density at radius 1 is 1.50 bits per heavy atom. The molecule has 3 nitrogen and oxygen atoms in total. The number of carbonyl (C=O) groups excluding carboxylic acids is 1. The van der Waals surface area contributed by atoms with Crippen LogP contribution in [0.1, 0.15) is 16.1 Å². The van der Waals surface area contributed by atoms with Crippen molar-refractivity contribution in [1.29, 1.82) is 0 Å². The van der Waals surface area contributed by atoms with E-state index in [1.165, 1.54) is 0 Å². The Morgan fingerprint density at radius 2 is 2.12 bits per heavy atom. The van der Waals surface area contributed by atoms with Crippen LogP contribution in [0.2, 0.25) is 0 Å². The Kier molecular flexibility index (Phi) is 3.69. The van der Waals surface area contributed by atoms with Crippen molar-refractivity contribution in [2.75, 3.05) is 0 Å². The molecule has 0 N–H and O–H groups in total. The summed E-state index contributed by atoms with van der Waals surface area (Å²) in [7, 11) is 0. The van der Waals surface area contributed by atoms with E-state index in [4.69, 9.17) is 11.6 Å². The van der Waals surface area contributed by atoms with Crippen molar-refractivity contribution in [1.82, 2.24) is 4.98 Å². The van der Waals surface area contributed by atoms with Crippen molar-refractivity contribution < 1.29 is 27.1 Å². The molecule has 0 aliphatic heterocycles. The number of pyridine rings is 1. The van der Waals surface area contributed by atoms with Crippen molar-refractivity contribution in [3.63, 3.8) is 0 Å². The fourth-order valence-electron chi connectivity index (χ4n) is 0.930. The standard InChI is InChI=1S/C8H4ClF4NO2/c9-2-4-1-6(16-8(11,12)13)7(10)14-5(4)3-15/h1,3H,2H2. The molecule has 0 bridgehead atoms. The van der Waals surface area contributed by atoms with Crippen LogP contribution in [0.25, 0.3) is 0 Å². The zero-order valence-electron chi connectivity index (χ0n) is 7.52. The van der Waals surface area contributed by atoms with Crippen molar-refractivity contribution in [2.45, 2.75) is 12.2 Å². The minimum Gasteiger partial charge on any atom is -0.401 e. The van der Waals surface area contributed by atoms with Crippen LogP contribution < -0.4 is 4.74 Å². The molecule has 0 aromatic carbocycles. The first-order valence-electron chi connectivity index (χ1n) is 3.83.